The third-order valence-electron chi connectivity index (χ3n) is 9.07. The summed E-state index contributed by atoms with van der Waals surface area (Å²) in [5.41, 5.74) is -0.210. The first-order valence-electron chi connectivity index (χ1n) is 10.3. The first kappa shape index (κ1) is 18.3. The third kappa shape index (κ3) is 2.06. The minimum Gasteiger partial charge on any atom is -0.393 e. The van der Waals surface area contributed by atoms with Gasteiger partial charge in [0.2, 0.25) is 0 Å². The van der Waals surface area contributed by atoms with Crippen LogP contribution in [0, 0.1) is 46.8 Å². The van der Waals surface area contributed by atoms with E-state index < -0.39 is 11.0 Å². The highest BCUT2D eigenvalue weighted by Crippen LogP contribution is 2.68. The Morgan fingerprint density at radius 2 is 2.00 bits per heavy atom. The number of allylic oxidation sites excluding steroid dienone is 1. The standard InChI is InChI=1S/C23H32O3/c1-5-15-13-20-18-7-6-16-12-17(25)8-10-21(16,3)19(18)9-11-22(20,4)23(15,26)14(2)24/h1,6,15,17-20,25-26H,7-13H2,2-4H3/t15?,17?,18-,19+,20+,21+,22+,23-/m1/s1. The maximum Gasteiger partial charge on any atom is 0.163 e. The quantitative estimate of drug-likeness (QED) is 0.558. The largest absolute Gasteiger partial charge is 0.393 e. The van der Waals surface area contributed by atoms with Crippen LogP contribution in [0.3, 0.4) is 0 Å². The van der Waals surface area contributed by atoms with Gasteiger partial charge in [0.15, 0.2) is 5.78 Å². The summed E-state index contributed by atoms with van der Waals surface area (Å²) in [4.78, 5) is 12.5. The zero-order valence-corrected chi connectivity index (χ0v) is 16.3. The molecule has 0 aromatic heterocycles. The number of terminal acetylenes is 1. The molecule has 4 aliphatic rings. The van der Waals surface area contributed by atoms with Crippen LogP contribution in [0.15, 0.2) is 11.6 Å². The first-order chi connectivity index (χ1) is 12.2. The molecule has 3 saturated carbocycles. The number of ketones is 1. The fourth-order valence-electron chi connectivity index (χ4n) is 7.53. The van der Waals surface area contributed by atoms with Gasteiger partial charge in [0.05, 0.1) is 12.0 Å². The number of aliphatic hydroxyl groups excluding tert-OH is 1. The molecule has 2 unspecified atom stereocenters. The second-order valence-corrected chi connectivity index (χ2v) is 9.89. The summed E-state index contributed by atoms with van der Waals surface area (Å²) in [5.74, 6) is 3.56. The molecule has 4 rings (SSSR count). The molecule has 0 bridgehead atoms. The smallest absolute Gasteiger partial charge is 0.163 e. The van der Waals surface area contributed by atoms with Crippen molar-refractivity contribution in [2.45, 2.75) is 77.4 Å². The van der Waals surface area contributed by atoms with Crippen LogP contribution in [0.25, 0.3) is 0 Å². The average Bonchev–Trinajstić information content (AvgIpc) is 2.84. The van der Waals surface area contributed by atoms with E-state index >= 15 is 0 Å². The molecule has 3 fully saturated rings. The number of hydrogen-bond donors (Lipinski definition) is 2. The maximum atomic E-state index is 12.5. The van der Waals surface area contributed by atoms with Crippen molar-refractivity contribution in [2.75, 3.05) is 0 Å². The number of rotatable bonds is 1. The van der Waals surface area contributed by atoms with Crippen molar-refractivity contribution < 1.29 is 15.0 Å². The van der Waals surface area contributed by atoms with Gasteiger partial charge in [0.25, 0.3) is 0 Å². The molecule has 3 nitrogen and oxygen atoms in total. The van der Waals surface area contributed by atoms with Crippen LogP contribution in [0.4, 0.5) is 0 Å². The zero-order chi connectivity index (χ0) is 18.9. The molecule has 0 heterocycles. The van der Waals surface area contributed by atoms with E-state index in [0.29, 0.717) is 11.8 Å². The molecule has 3 heteroatoms. The van der Waals surface area contributed by atoms with Crippen LogP contribution in [-0.4, -0.2) is 27.7 Å². The van der Waals surface area contributed by atoms with Crippen molar-refractivity contribution in [3.05, 3.63) is 11.6 Å². The lowest BCUT2D eigenvalue weighted by atomic mass is 9.46. The van der Waals surface area contributed by atoms with Crippen LogP contribution in [0.5, 0.6) is 0 Å². The highest BCUT2D eigenvalue weighted by atomic mass is 16.3. The Labute approximate surface area is 157 Å². The summed E-state index contributed by atoms with van der Waals surface area (Å²) < 4.78 is 0. The van der Waals surface area contributed by atoms with Crippen molar-refractivity contribution in [3.63, 3.8) is 0 Å². The second kappa shape index (κ2) is 5.69. The van der Waals surface area contributed by atoms with Gasteiger partial charge in [0.1, 0.15) is 5.60 Å². The minimum atomic E-state index is -1.38. The normalized spacial score (nSPS) is 52.9. The Hall–Kier alpha value is -1.11. The van der Waals surface area contributed by atoms with Crippen molar-refractivity contribution in [1.29, 1.82) is 0 Å². The molecule has 2 N–H and O–H groups in total. The molecule has 0 radical (unpaired) electrons. The van der Waals surface area contributed by atoms with Crippen LogP contribution >= 0.6 is 0 Å². The Morgan fingerprint density at radius 3 is 2.65 bits per heavy atom. The van der Waals surface area contributed by atoms with Gasteiger partial charge >= 0.3 is 0 Å². The van der Waals surface area contributed by atoms with E-state index in [1.807, 2.05) is 0 Å². The van der Waals surface area contributed by atoms with E-state index in [0.717, 1.165) is 44.9 Å². The predicted octanol–water partition coefficient (Wildman–Crippen LogP) is 3.49. The molecule has 142 valence electrons. The molecule has 0 saturated heterocycles. The lowest BCUT2D eigenvalue weighted by Crippen LogP contribution is -2.58. The highest BCUT2D eigenvalue weighted by Gasteiger charge is 2.68. The summed E-state index contributed by atoms with van der Waals surface area (Å²) >= 11 is 0. The fraction of sp³-hybridized carbons (Fsp3) is 0.783. The number of aliphatic hydroxyl groups is 2. The Morgan fingerprint density at radius 1 is 1.27 bits per heavy atom. The molecule has 0 aromatic rings. The Kier molecular flexibility index (Phi) is 4.00. The van der Waals surface area contributed by atoms with Crippen molar-refractivity contribution in [1.82, 2.24) is 0 Å². The molecule has 8 atom stereocenters. The van der Waals surface area contributed by atoms with Crippen LogP contribution < -0.4 is 0 Å². The van der Waals surface area contributed by atoms with Gasteiger partial charge in [-0.1, -0.05) is 31.4 Å². The van der Waals surface area contributed by atoms with Gasteiger partial charge in [-0.25, -0.2) is 0 Å². The summed E-state index contributed by atoms with van der Waals surface area (Å²) in [6.07, 6.45) is 14.3. The van der Waals surface area contributed by atoms with Gasteiger partial charge in [-0.05, 0) is 75.0 Å². The summed E-state index contributed by atoms with van der Waals surface area (Å²) in [7, 11) is 0. The van der Waals surface area contributed by atoms with Gasteiger partial charge < -0.3 is 10.2 Å². The van der Waals surface area contributed by atoms with E-state index in [2.05, 4.69) is 25.8 Å². The Bertz CT molecular complexity index is 703. The average molecular weight is 357 g/mol. The molecule has 0 aliphatic heterocycles. The number of Topliss-reactive ketones (excluding diaryl/α,β-unsaturated/α-hetero) is 1. The predicted molar refractivity (Wildman–Crippen MR) is 101 cm³/mol. The lowest BCUT2D eigenvalue weighted by molar-refractivity contribution is -0.163. The summed E-state index contributed by atoms with van der Waals surface area (Å²) in [6.45, 7) is 6.00. The zero-order valence-electron chi connectivity index (χ0n) is 16.3. The number of fused-ring (bicyclic) bond motifs is 5. The summed E-state index contributed by atoms with van der Waals surface area (Å²) in [5, 5.41) is 21.6. The number of carbonyl (C=O) groups excluding carboxylic acids is 1. The van der Waals surface area contributed by atoms with Crippen LogP contribution in [-0.2, 0) is 4.79 Å². The maximum absolute atomic E-state index is 12.5. The molecular weight excluding hydrogens is 324 g/mol. The first-order valence-corrected chi connectivity index (χ1v) is 10.3. The van der Waals surface area contributed by atoms with E-state index in [-0.39, 0.29) is 29.1 Å². The fourth-order valence-corrected chi connectivity index (χ4v) is 7.53. The molecule has 0 aromatic carbocycles. The number of carbonyl (C=O) groups is 1. The lowest BCUT2D eigenvalue weighted by Gasteiger charge is -2.58. The highest BCUT2D eigenvalue weighted by molar-refractivity contribution is 5.87. The van der Waals surface area contributed by atoms with Gasteiger partial charge in [-0.3, -0.25) is 4.79 Å². The third-order valence-corrected chi connectivity index (χ3v) is 9.07. The molecule has 26 heavy (non-hydrogen) atoms. The Balaban J connectivity index is 1.74. The monoisotopic (exact) mass is 356 g/mol. The number of hydrogen-bond acceptors (Lipinski definition) is 3. The van der Waals surface area contributed by atoms with Gasteiger partial charge in [-0.2, -0.15) is 0 Å². The van der Waals surface area contributed by atoms with Crippen LogP contribution in [0.2, 0.25) is 0 Å². The second-order valence-electron chi connectivity index (χ2n) is 9.89. The van der Waals surface area contributed by atoms with E-state index in [9.17, 15) is 15.0 Å². The van der Waals surface area contributed by atoms with Crippen molar-refractivity contribution in [2.24, 2.45) is 34.5 Å². The van der Waals surface area contributed by atoms with Gasteiger partial charge in [0, 0.05) is 5.41 Å². The van der Waals surface area contributed by atoms with E-state index in [1.54, 1.807) is 0 Å². The van der Waals surface area contributed by atoms with Crippen molar-refractivity contribution >= 4 is 5.78 Å². The molecule has 4 aliphatic carbocycles. The topological polar surface area (TPSA) is 57.5 Å². The molecule has 0 amide bonds. The van der Waals surface area contributed by atoms with Gasteiger partial charge in [-0.15, -0.1) is 6.42 Å². The van der Waals surface area contributed by atoms with Crippen molar-refractivity contribution in [3.8, 4) is 12.3 Å². The SMILES string of the molecule is C#CC1C[C@H]2[C@@H]3CC=C4CC(O)CC[C@]4(C)[C@H]3CC[C@]2(C)[C@@]1(O)C(C)=O. The molecular formula is C23H32O3. The van der Waals surface area contributed by atoms with E-state index in [1.165, 1.54) is 12.5 Å². The molecule has 0 spiro atoms. The van der Waals surface area contributed by atoms with Crippen LogP contribution in [0.1, 0.15) is 65.7 Å². The summed E-state index contributed by atoms with van der Waals surface area (Å²) in [6, 6.07) is 0. The minimum absolute atomic E-state index is 0.159. The van der Waals surface area contributed by atoms with E-state index in [4.69, 9.17) is 6.42 Å².